The Kier molecular flexibility index (Phi) is 2.49. The maximum Gasteiger partial charge on any atom is 0.279 e. The second-order valence-corrected chi connectivity index (χ2v) is 2.97. The monoisotopic (exact) mass is 202 g/mol. The van der Waals surface area contributed by atoms with Crippen LogP contribution < -0.4 is 10.2 Å². The molecular formula is C11H10N2O2. The van der Waals surface area contributed by atoms with Crippen LogP contribution in [-0.4, -0.2) is 16.9 Å². The van der Waals surface area contributed by atoms with Crippen molar-refractivity contribution in [3.05, 3.63) is 52.8 Å². The Bertz CT molecular complexity index is 505. The van der Waals surface area contributed by atoms with Crippen LogP contribution in [0.5, 0.6) is 5.88 Å². The molecule has 0 N–H and O–H groups in total. The third-order valence-electron chi connectivity index (χ3n) is 1.99. The maximum atomic E-state index is 11.2. The molecule has 76 valence electrons. The number of aromatic nitrogens is 2. The number of para-hydroxylation sites is 1. The molecule has 4 heteroatoms. The smallest absolute Gasteiger partial charge is 0.279 e. The van der Waals surface area contributed by atoms with Crippen LogP contribution in [0.1, 0.15) is 0 Å². The quantitative estimate of drug-likeness (QED) is 0.736. The van der Waals surface area contributed by atoms with Crippen molar-refractivity contribution in [2.45, 2.75) is 0 Å². The highest BCUT2D eigenvalue weighted by Gasteiger charge is 2.01. The van der Waals surface area contributed by atoms with Gasteiger partial charge in [0.1, 0.15) is 0 Å². The molecule has 1 aromatic carbocycles. The lowest BCUT2D eigenvalue weighted by Crippen LogP contribution is -2.12. The number of hydrogen-bond acceptors (Lipinski definition) is 3. The number of ether oxygens (including phenoxy) is 1. The first kappa shape index (κ1) is 9.45. The van der Waals surface area contributed by atoms with E-state index in [9.17, 15) is 4.79 Å². The fourth-order valence-electron chi connectivity index (χ4n) is 1.26. The number of benzene rings is 1. The highest BCUT2D eigenvalue weighted by Crippen LogP contribution is 2.05. The summed E-state index contributed by atoms with van der Waals surface area (Å²) < 4.78 is 6.46. The van der Waals surface area contributed by atoms with E-state index in [0.29, 0.717) is 0 Å². The molecule has 0 unspecified atom stereocenters. The Labute approximate surface area is 86.7 Å². The van der Waals surface area contributed by atoms with Crippen LogP contribution in [0.3, 0.4) is 0 Å². The topological polar surface area (TPSA) is 44.1 Å². The highest BCUT2D eigenvalue weighted by molar-refractivity contribution is 5.30. The zero-order valence-corrected chi connectivity index (χ0v) is 8.25. The second-order valence-electron chi connectivity index (χ2n) is 2.97. The predicted molar refractivity (Wildman–Crippen MR) is 56.4 cm³/mol. The average molecular weight is 202 g/mol. The molecule has 0 aliphatic carbocycles. The van der Waals surface area contributed by atoms with Crippen molar-refractivity contribution in [1.82, 2.24) is 9.78 Å². The number of hydrogen-bond donors (Lipinski definition) is 0. The van der Waals surface area contributed by atoms with Crippen LogP contribution in [0.2, 0.25) is 0 Å². The summed E-state index contributed by atoms with van der Waals surface area (Å²) in [4.78, 5) is 11.2. The third kappa shape index (κ3) is 1.88. The summed E-state index contributed by atoms with van der Waals surface area (Å²) in [7, 11) is 1.43. The lowest BCUT2D eigenvalue weighted by molar-refractivity contribution is 0.383. The van der Waals surface area contributed by atoms with Gasteiger partial charge in [0.15, 0.2) is 0 Å². The number of methoxy groups -OCH3 is 1. The second kappa shape index (κ2) is 3.96. The molecule has 0 radical (unpaired) electrons. The van der Waals surface area contributed by atoms with Gasteiger partial charge in [0.25, 0.3) is 5.88 Å². The van der Waals surface area contributed by atoms with E-state index >= 15 is 0 Å². The van der Waals surface area contributed by atoms with Gasteiger partial charge in [-0.05, 0) is 12.1 Å². The van der Waals surface area contributed by atoms with Gasteiger partial charge in [0, 0.05) is 12.3 Å². The van der Waals surface area contributed by atoms with E-state index in [2.05, 4.69) is 5.10 Å². The lowest BCUT2D eigenvalue weighted by atomic mass is 10.3. The van der Waals surface area contributed by atoms with E-state index in [1.807, 2.05) is 30.3 Å². The first-order valence-electron chi connectivity index (χ1n) is 4.50. The third-order valence-corrected chi connectivity index (χ3v) is 1.99. The van der Waals surface area contributed by atoms with Crippen LogP contribution in [0, 0.1) is 0 Å². The molecular weight excluding hydrogens is 192 g/mol. The maximum absolute atomic E-state index is 11.2. The van der Waals surface area contributed by atoms with E-state index in [1.165, 1.54) is 13.2 Å². The van der Waals surface area contributed by atoms with Crippen molar-refractivity contribution in [3.63, 3.8) is 0 Å². The predicted octanol–water partition coefficient (Wildman–Crippen LogP) is 1.24. The summed E-state index contributed by atoms with van der Waals surface area (Å²) in [6.07, 6.45) is 1.61. The van der Waals surface area contributed by atoms with Crippen molar-refractivity contribution >= 4 is 0 Å². The van der Waals surface area contributed by atoms with Crippen molar-refractivity contribution < 1.29 is 4.74 Å². The van der Waals surface area contributed by atoms with E-state index in [1.54, 1.807) is 10.9 Å². The molecule has 0 aliphatic rings. The first-order valence-corrected chi connectivity index (χ1v) is 4.50. The molecule has 15 heavy (non-hydrogen) atoms. The van der Waals surface area contributed by atoms with Gasteiger partial charge in [-0.2, -0.15) is 0 Å². The summed E-state index contributed by atoms with van der Waals surface area (Å²) in [5.41, 5.74) is 0.667. The van der Waals surface area contributed by atoms with Gasteiger partial charge in [0.05, 0.1) is 12.8 Å². The molecule has 0 spiro atoms. The molecule has 0 atom stereocenters. The van der Waals surface area contributed by atoms with Crippen LogP contribution in [-0.2, 0) is 0 Å². The highest BCUT2D eigenvalue weighted by atomic mass is 16.5. The van der Waals surface area contributed by atoms with E-state index in [0.717, 1.165) is 5.69 Å². The van der Waals surface area contributed by atoms with E-state index in [-0.39, 0.29) is 11.3 Å². The van der Waals surface area contributed by atoms with Gasteiger partial charge in [-0.25, -0.2) is 4.68 Å². The molecule has 2 aromatic rings. The lowest BCUT2D eigenvalue weighted by Gasteiger charge is -2.05. The first-order chi connectivity index (χ1) is 7.31. The minimum Gasteiger partial charge on any atom is -0.477 e. The Morgan fingerprint density at radius 2 is 1.93 bits per heavy atom. The number of rotatable bonds is 2. The summed E-state index contributed by atoms with van der Waals surface area (Å²) >= 11 is 0. The zero-order valence-electron chi connectivity index (χ0n) is 8.25. The summed E-state index contributed by atoms with van der Waals surface area (Å²) in [6.45, 7) is 0. The molecule has 2 rings (SSSR count). The van der Waals surface area contributed by atoms with Gasteiger partial charge in [-0.3, -0.25) is 4.79 Å². The van der Waals surface area contributed by atoms with Gasteiger partial charge in [-0.1, -0.05) is 18.2 Å². The summed E-state index contributed by atoms with van der Waals surface area (Å²) in [6, 6.07) is 11.0. The van der Waals surface area contributed by atoms with Crippen molar-refractivity contribution in [2.24, 2.45) is 0 Å². The van der Waals surface area contributed by atoms with Crippen LogP contribution in [0.15, 0.2) is 47.4 Å². The molecule has 0 bridgehead atoms. The van der Waals surface area contributed by atoms with Gasteiger partial charge in [-0.15, -0.1) is 5.10 Å². The standard InChI is InChI=1S/C11H10N2O2/c1-15-11-10(14)7-8-13(12-11)9-5-3-2-4-6-9/h2-8H,1H3. The fourth-order valence-corrected chi connectivity index (χ4v) is 1.26. The molecule has 1 aromatic heterocycles. The van der Waals surface area contributed by atoms with Crippen LogP contribution in [0.4, 0.5) is 0 Å². The van der Waals surface area contributed by atoms with Gasteiger partial charge >= 0.3 is 0 Å². The van der Waals surface area contributed by atoms with Crippen molar-refractivity contribution in [1.29, 1.82) is 0 Å². The van der Waals surface area contributed by atoms with E-state index in [4.69, 9.17) is 4.74 Å². The Morgan fingerprint density at radius 3 is 2.60 bits per heavy atom. The van der Waals surface area contributed by atoms with Crippen LogP contribution >= 0.6 is 0 Å². The molecule has 1 heterocycles. The van der Waals surface area contributed by atoms with Crippen molar-refractivity contribution in [2.75, 3.05) is 7.11 Å². The fraction of sp³-hybridized carbons (Fsp3) is 0.0909. The van der Waals surface area contributed by atoms with Gasteiger partial charge in [0.2, 0.25) is 5.43 Å². The largest absolute Gasteiger partial charge is 0.477 e. The molecule has 0 aliphatic heterocycles. The minimum atomic E-state index is -0.218. The molecule has 4 nitrogen and oxygen atoms in total. The average Bonchev–Trinajstić information content (AvgIpc) is 2.31. The van der Waals surface area contributed by atoms with Gasteiger partial charge < -0.3 is 4.74 Å². The van der Waals surface area contributed by atoms with Crippen molar-refractivity contribution in [3.8, 4) is 11.6 Å². The molecule has 0 saturated carbocycles. The van der Waals surface area contributed by atoms with Crippen LogP contribution in [0.25, 0.3) is 5.69 Å². The number of nitrogens with zero attached hydrogens (tertiary/aromatic N) is 2. The SMILES string of the molecule is COc1nn(-c2ccccc2)ccc1=O. The molecule has 0 saturated heterocycles. The summed E-state index contributed by atoms with van der Waals surface area (Å²) in [5, 5.41) is 4.04. The minimum absolute atomic E-state index is 0.0985. The molecule has 0 amide bonds. The molecule has 0 fully saturated rings. The zero-order chi connectivity index (χ0) is 10.7. The Morgan fingerprint density at radius 1 is 1.20 bits per heavy atom. The Hall–Kier alpha value is -2.10. The Balaban J connectivity index is 2.51. The summed E-state index contributed by atoms with van der Waals surface area (Å²) in [5.74, 6) is 0.0985. The normalized spacial score (nSPS) is 9.93. The van der Waals surface area contributed by atoms with E-state index < -0.39 is 0 Å².